The summed E-state index contributed by atoms with van der Waals surface area (Å²) in [6, 6.07) is 0. The Labute approximate surface area is 149 Å². The molecule has 0 saturated heterocycles. The number of pyridine rings is 1. The van der Waals surface area contributed by atoms with E-state index >= 15 is 0 Å². The van der Waals surface area contributed by atoms with Crippen LogP contribution in [0, 0.1) is 13.8 Å². The first-order valence-electron chi connectivity index (χ1n) is 8.87. The Kier molecular flexibility index (Phi) is 7.37. The van der Waals surface area contributed by atoms with Crippen LogP contribution in [-0.4, -0.2) is 32.6 Å². The van der Waals surface area contributed by atoms with Crippen molar-refractivity contribution in [1.82, 2.24) is 14.5 Å². The summed E-state index contributed by atoms with van der Waals surface area (Å²) in [6.07, 6.45) is 3.69. The maximum Gasteiger partial charge on any atom is 0.151 e. The van der Waals surface area contributed by atoms with Crippen LogP contribution in [0.1, 0.15) is 50.2 Å². The lowest BCUT2D eigenvalue weighted by Crippen LogP contribution is -2.08. The minimum Gasteiger partial charge on any atom is -0.382 e. The average molecular weight is 351 g/mol. The molecule has 2 aromatic rings. The quantitative estimate of drug-likeness (QED) is 0.654. The number of anilines is 1. The van der Waals surface area contributed by atoms with E-state index in [0.717, 1.165) is 41.1 Å². The van der Waals surface area contributed by atoms with Crippen LogP contribution in [-0.2, 0) is 17.9 Å². The van der Waals surface area contributed by atoms with Crippen molar-refractivity contribution in [2.75, 3.05) is 23.8 Å². The van der Waals surface area contributed by atoms with E-state index in [1.54, 1.807) is 0 Å². The molecule has 0 atom stereocenters. The van der Waals surface area contributed by atoms with Crippen LogP contribution >= 0.6 is 11.8 Å². The lowest BCUT2D eigenvalue weighted by Gasteiger charge is -2.12. The van der Waals surface area contributed by atoms with Crippen molar-refractivity contribution in [3.8, 4) is 0 Å². The standard InChI is InChI=1S/C18H30N4OS/c1-5-7-10-24-11-8-9-22-15(12-23-6-2)21-16-17(22)13(3)14(4)20-18(16)19/h5-12H2,1-4H3,(H2,19,20). The van der Waals surface area contributed by atoms with Crippen LogP contribution in [0.4, 0.5) is 5.82 Å². The topological polar surface area (TPSA) is 66.0 Å². The highest BCUT2D eigenvalue weighted by Crippen LogP contribution is 2.26. The van der Waals surface area contributed by atoms with Gasteiger partial charge in [0.25, 0.3) is 0 Å². The molecule has 2 N–H and O–H groups in total. The minimum atomic E-state index is 0.516. The molecule has 2 heterocycles. The van der Waals surface area contributed by atoms with Crippen molar-refractivity contribution < 1.29 is 4.74 Å². The number of thioether (sulfide) groups is 1. The van der Waals surface area contributed by atoms with E-state index in [9.17, 15) is 0 Å². The highest BCUT2D eigenvalue weighted by Gasteiger charge is 2.17. The molecule has 0 aliphatic carbocycles. The fourth-order valence-corrected chi connectivity index (χ4v) is 3.79. The second kappa shape index (κ2) is 9.28. The van der Waals surface area contributed by atoms with E-state index in [1.807, 2.05) is 25.6 Å². The highest BCUT2D eigenvalue weighted by molar-refractivity contribution is 7.99. The van der Waals surface area contributed by atoms with Crippen LogP contribution in [0.2, 0.25) is 0 Å². The molecule has 0 unspecified atom stereocenters. The molecule has 2 aromatic heterocycles. The normalized spacial score (nSPS) is 11.5. The molecule has 0 radical (unpaired) electrons. The Hall–Kier alpha value is -1.27. The van der Waals surface area contributed by atoms with Crippen molar-refractivity contribution >= 4 is 28.6 Å². The van der Waals surface area contributed by atoms with Gasteiger partial charge in [-0.05, 0) is 50.7 Å². The molecular weight excluding hydrogens is 320 g/mol. The molecule has 0 amide bonds. The van der Waals surface area contributed by atoms with Gasteiger partial charge in [-0.15, -0.1) is 0 Å². The SMILES string of the molecule is CCCCSCCCn1c(COCC)nc2c(N)nc(C)c(C)c21. The predicted molar refractivity (Wildman–Crippen MR) is 104 cm³/mol. The third kappa shape index (κ3) is 4.42. The molecule has 2 rings (SSSR count). The summed E-state index contributed by atoms with van der Waals surface area (Å²) in [5.41, 5.74) is 10.2. The van der Waals surface area contributed by atoms with E-state index in [2.05, 4.69) is 23.4 Å². The zero-order chi connectivity index (χ0) is 17.5. The molecule has 0 aliphatic rings. The number of ether oxygens (including phenoxy) is 1. The molecule has 6 heteroatoms. The van der Waals surface area contributed by atoms with Crippen LogP contribution < -0.4 is 5.73 Å². The lowest BCUT2D eigenvalue weighted by atomic mass is 10.2. The molecule has 0 spiro atoms. The first-order chi connectivity index (χ1) is 11.6. The van der Waals surface area contributed by atoms with Gasteiger partial charge in [0.05, 0.1) is 5.52 Å². The first-order valence-corrected chi connectivity index (χ1v) is 10.0. The fourth-order valence-electron chi connectivity index (χ4n) is 2.76. The van der Waals surface area contributed by atoms with Gasteiger partial charge < -0.3 is 15.0 Å². The van der Waals surface area contributed by atoms with E-state index in [-0.39, 0.29) is 0 Å². The maximum atomic E-state index is 6.11. The predicted octanol–water partition coefficient (Wildman–Crippen LogP) is 4.09. The van der Waals surface area contributed by atoms with Crippen LogP contribution in [0.15, 0.2) is 0 Å². The largest absolute Gasteiger partial charge is 0.382 e. The van der Waals surface area contributed by atoms with Crippen LogP contribution in [0.25, 0.3) is 11.0 Å². The molecule has 24 heavy (non-hydrogen) atoms. The highest BCUT2D eigenvalue weighted by atomic mass is 32.2. The fraction of sp³-hybridized carbons (Fsp3) is 0.667. The number of rotatable bonds is 10. The van der Waals surface area contributed by atoms with Crippen molar-refractivity contribution in [3.05, 3.63) is 17.1 Å². The monoisotopic (exact) mass is 350 g/mol. The Morgan fingerprint density at radius 3 is 2.58 bits per heavy atom. The van der Waals surface area contributed by atoms with Gasteiger partial charge in [-0.25, -0.2) is 9.97 Å². The molecule has 0 bridgehead atoms. The van der Waals surface area contributed by atoms with Gasteiger partial charge in [-0.1, -0.05) is 13.3 Å². The first kappa shape index (κ1) is 19.1. The molecule has 0 saturated carbocycles. The van der Waals surface area contributed by atoms with Gasteiger partial charge >= 0.3 is 0 Å². The lowest BCUT2D eigenvalue weighted by molar-refractivity contribution is 0.126. The minimum absolute atomic E-state index is 0.516. The zero-order valence-corrected chi connectivity index (χ0v) is 16.2. The number of unbranched alkanes of at least 4 members (excludes halogenated alkanes) is 1. The van der Waals surface area contributed by atoms with Crippen molar-refractivity contribution in [3.63, 3.8) is 0 Å². The number of fused-ring (bicyclic) bond motifs is 1. The van der Waals surface area contributed by atoms with Gasteiger partial charge in [0.1, 0.15) is 17.9 Å². The average Bonchev–Trinajstić information content (AvgIpc) is 2.93. The number of imidazole rings is 1. The maximum absolute atomic E-state index is 6.11. The van der Waals surface area contributed by atoms with Gasteiger partial charge in [-0.3, -0.25) is 0 Å². The van der Waals surface area contributed by atoms with E-state index in [4.69, 9.17) is 15.5 Å². The van der Waals surface area contributed by atoms with E-state index in [1.165, 1.54) is 24.3 Å². The second-order valence-electron chi connectivity index (χ2n) is 6.04. The Morgan fingerprint density at radius 1 is 1.12 bits per heavy atom. The van der Waals surface area contributed by atoms with Crippen molar-refractivity contribution in [2.24, 2.45) is 0 Å². The molecular formula is C18H30N4OS. The summed E-state index contributed by atoms with van der Waals surface area (Å²) in [6.45, 7) is 10.5. The number of nitrogens with zero attached hydrogens (tertiary/aromatic N) is 3. The van der Waals surface area contributed by atoms with Gasteiger partial charge in [-0.2, -0.15) is 11.8 Å². The smallest absolute Gasteiger partial charge is 0.151 e. The molecule has 5 nitrogen and oxygen atoms in total. The number of hydrogen-bond donors (Lipinski definition) is 1. The van der Waals surface area contributed by atoms with Crippen molar-refractivity contribution in [2.45, 2.75) is 60.1 Å². The third-order valence-corrected chi connectivity index (χ3v) is 5.38. The Balaban J connectivity index is 2.23. The molecule has 0 fully saturated rings. The van der Waals surface area contributed by atoms with Gasteiger partial charge in [0, 0.05) is 18.8 Å². The van der Waals surface area contributed by atoms with Gasteiger partial charge in [0.15, 0.2) is 5.82 Å². The summed E-state index contributed by atoms with van der Waals surface area (Å²) in [4.78, 5) is 9.15. The third-order valence-electron chi connectivity index (χ3n) is 4.22. The summed E-state index contributed by atoms with van der Waals surface area (Å²) in [5.74, 6) is 3.89. The van der Waals surface area contributed by atoms with Crippen LogP contribution in [0.3, 0.4) is 0 Å². The summed E-state index contributed by atoms with van der Waals surface area (Å²) in [7, 11) is 0. The second-order valence-corrected chi connectivity index (χ2v) is 7.27. The summed E-state index contributed by atoms with van der Waals surface area (Å²) in [5, 5.41) is 0. The van der Waals surface area contributed by atoms with Gasteiger partial charge in [0.2, 0.25) is 0 Å². The molecule has 0 aliphatic heterocycles. The van der Waals surface area contributed by atoms with Crippen LogP contribution in [0.5, 0.6) is 0 Å². The van der Waals surface area contributed by atoms with E-state index in [0.29, 0.717) is 19.0 Å². The zero-order valence-electron chi connectivity index (χ0n) is 15.4. The van der Waals surface area contributed by atoms with Crippen molar-refractivity contribution in [1.29, 1.82) is 0 Å². The number of hydrogen-bond acceptors (Lipinski definition) is 5. The summed E-state index contributed by atoms with van der Waals surface area (Å²) < 4.78 is 7.89. The van der Waals surface area contributed by atoms with E-state index < -0.39 is 0 Å². The molecule has 134 valence electrons. The Morgan fingerprint density at radius 2 is 1.88 bits per heavy atom. The number of nitrogens with two attached hydrogens (primary N) is 1. The Bertz CT molecular complexity index is 669. The molecule has 0 aromatic carbocycles. The number of aryl methyl sites for hydroxylation is 3. The number of nitrogen functional groups attached to an aromatic ring is 1. The summed E-state index contributed by atoms with van der Waals surface area (Å²) >= 11 is 2.04. The number of aromatic nitrogens is 3.